The van der Waals surface area contributed by atoms with Gasteiger partial charge in [-0.1, -0.05) is 12.1 Å². The third-order valence-electron chi connectivity index (χ3n) is 4.26. The van der Waals surface area contributed by atoms with Crippen LogP contribution in [0.15, 0.2) is 24.3 Å². The van der Waals surface area contributed by atoms with E-state index in [1.807, 2.05) is 24.3 Å². The first-order chi connectivity index (χ1) is 9.16. The summed E-state index contributed by atoms with van der Waals surface area (Å²) in [4.78, 5) is 0. The number of ether oxygens (including phenoxy) is 3. The molecule has 1 heterocycles. The standard InChI is InChI=1S/C15H20O4/c1-17-13-4-2-3-12(11-13)14(16)5-7-15(8-6-14)18-9-10-19-15/h2-4,11,16H,5-10H2,1H3. The van der Waals surface area contributed by atoms with Gasteiger partial charge in [0.05, 0.1) is 25.9 Å². The highest BCUT2D eigenvalue weighted by Crippen LogP contribution is 2.45. The Labute approximate surface area is 113 Å². The topological polar surface area (TPSA) is 47.9 Å². The first kappa shape index (κ1) is 12.9. The molecule has 1 aromatic rings. The lowest BCUT2D eigenvalue weighted by Crippen LogP contribution is -2.42. The molecule has 4 heteroatoms. The predicted molar refractivity (Wildman–Crippen MR) is 70.0 cm³/mol. The van der Waals surface area contributed by atoms with Crippen LogP contribution in [0.5, 0.6) is 5.75 Å². The minimum absolute atomic E-state index is 0.439. The molecule has 19 heavy (non-hydrogen) atoms. The molecule has 0 unspecified atom stereocenters. The van der Waals surface area contributed by atoms with Gasteiger partial charge in [0, 0.05) is 12.8 Å². The van der Waals surface area contributed by atoms with E-state index in [1.165, 1.54) is 0 Å². The van der Waals surface area contributed by atoms with Gasteiger partial charge in [-0.3, -0.25) is 0 Å². The van der Waals surface area contributed by atoms with Crippen LogP contribution >= 0.6 is 0 Å². The van der Waals surface area contributed by atoms with Crippen molar-refractivity contribution in [3.63, 3.8) is 0 Å². The second-order valence-corrected chi connectivity index (χ2v) is 5.37. The summed E-state index contributed by atoms with van der Waals surface area (Å²) < 4.78 is 16.6. The first-order valence-electron chi connectivity index (χ1n) is 6.81. The molecule has 1 aliphatic carbocycles. The van der Waals surface area contributed by atoms with Crippen LogP contribution in [0.1, 0.15) is 31.2 Å². The minimum atomic E-state index is -0.797. The summed E-state index contributed by atoms with van der Waals surface area (Å²) in [6.07, 6.45) is 2.78. The highest BCUT2D eigenvalue weighted by atomic mass is 16.7. The number of hydrogen-bond acceptors (Lipinski definition) is 4. The monoisotopic (exact) mass is 264 g/mol. The maximum absolute atomic E-state index is 10.8. The molecule has 1 saturated carbocycles. The van der Waals surface area contributed by atoms with Crippen molar-refractivity contribution in [3.05, 3.63) is 29.8 Å². The van der Waals surface area contributed by atoms with E-state index in [-0.39, 0.29) is 0 Å². The number of rotatable bonds is 2. The van der Waals surface area contributed by atoms with E-state index in [2.05, 4.69) is 0 Å². The van der Waals surface area contributed by atoms with Crippen LogP contribution in [0.3, 0.4) is 0 Å². The van der Waals surface area contributed by atoms with Gasteiger partial charge in [0.25, 0.3) is 0 Å². The van der Waals surface area contributed by atoms with Crippen LogP contribution in [-0.2, 0) is 15.1 Å². The molecule has 3 rings (SSSR count). The third kappa shape index (κ3) is 2.36. The van der Waals surface area contributed by atoms with Crippen LogP contribution in [0.2, 0.25) is 0 Å². The van der Waals surface area contributed by atoms with E-state index in [1.54, 1.807) is 7.11 Å². The van der Waals surface area contributed by atoms with Crippen LogP contribution < -0.4 is 4.74 Å². The van der Waals surface area contributed by atoms with E-state index in [0.29, 0.717) is 26.1 Å². The fourth-order valence-electron chi connectivity index (χ4n) is 3.03. The molecule has 1 spiro atoms. The Kier molecular flexibility index (Phi) is 3.25. The Morgan fingerprint density at radius 3 is 2.42 bits per heavy atom. The highest BCUT2D eigenvalue weighted by molar-refractivity contribution is 5.32. The van der Waals surface area contributed by atoms with Crippen molar-refractivity contribution < 1.29 is 19.3 Å². The van der Waals surface area contributed by atoms with Gasteiger partial charge < -0.3 is 19.3 Å². The van der Waals surface area contributed by atoms with E-state index < -0.39 is 11.4 Å². The Bertz CT molecular complexity index is 441. The zero-order chi connectivity index (χ0) is 13.3. The summed E-state index contributed by atoms with van der Waals surface area (Å²) in [6.45, 7) is 1.33. The number of hydrogen-bond donors (Lipinski definition) is 1. The summed E-state index contributed by atoms with van der Waals surface area (Å²) >= 11 is 0. The molecule has 1 aliphatic heterocycles. The van der Waals surface area contributed by atoms with Crippen molar-refractivity contribution in [3.8, 4) is 5.75 Å². The quantitative estimate of drug-likeness (QED) is 0.889. The van der Waals surface area contributed by atoms with Crippen molar-refractivity contribution in [2.24, 2.45) is 0 Å². The molecular weight excluding hydrogens is 244 g/mol. The third-order valence-corrected chi connectivity index (χ3v) is 4.26. The lowest BCUT2D eigenvalue weighted by molar-refractivity contribution is -0.204. The van der Waals surface area contributed by atoms with E-state index in [4.69, 9.17) is 14.2 Å². The van der Waals surface area contributed by atoms with E-state index in [9.17, 15) is 5.11 Å². The van der Waals surface area contributed by atoms with E-state index >= 15 is 0 Å². The predicted octanol–water partition coefficient (Wildman–Crippen LogP) is 2.20. The maximum atomic E-state index is 10.8. The van der Waals surface area contributed by atoms with Crippen LogP contribution in [0.25, 0.3) is 0 Å². The largest absolute Gasteiger partial charge is 0.497 e. The van der Waals surface area contributed by atoms with E-state index in [0.717, 1.165) is 24.2 Å². The molecule has 0 radical (unpaired) electrons. The fourth-order valence-corrected chi connectivity index (χ4v) is 3.03. The number of aliphatic hydroxyl groups is 1. The van der Waals surface area contributed by atoms with Crippen LogP contribution in [0, 0.1) is 0 Å². The Morgan fingerprint density at radius 2 is 1.79 bits per heavy atom. The Morgan fingerprint density at radius 1 is 1.11 bits per heavy atom. The van der Waals surface area contributed by atoms with Crippen molar-refractivity contribution in [2.45, 2.75) is 37.1 Å². The molecule has 0 atom stereocenters. The number of benzene rings is 1. The first-order valence-corrected chi connectivity index (χ1v) is 6.81. The summed E-state index contributed by atoms with van der Waals surface area (Å²) in [7, 11) is 1.64. The van der Waals surface area contributed by atoms with Crippen LogP contribution in [0.4, 0.5) is 0 Å². The van der Waals surface area contributed by atoms with Gasteiger partial charge in [0.1, 0.15) is 5.75 Å². The van der Waals surface area contributed by atoms with Gasteiger partial charge in [0.2, 0.25) is 0 Å². The maximum Gasteiger partial charge on any atom is 0.168 e. The van der Waals surface area contributed by atoms with Gasteiger partial charge in [-0.25, -0.2) is 0 Å². The lowest BCUT2D eigenvalue weighted by Gasteiger charge is -2.40. The van der Waals surface area contributed by atoms with Crippen molar-refractivity contribution >= 4 is 0 Å². The second kappa shape index (κ2) is 4.78. The molecule has 4 nitrogen and oxygen atoms in total. The van der Waals surface area contributed by atoms with Gasteiger partial charge in [-0.15, -0.1) is 0 Å². The average Bonchev–Trinajstić information content (AvgIpc) is 2.92. The average molecular weight is 264 g/mol. The molecule has 1 saturated heterocycles. The highest BCUT2D eigenvalue weighted by Gasteiger charge is 2.46. The number of methoxy groups -OCH3 is 1. The summed E-state index contributed by atoms with van der Waals surface area (Å²) in [5.74, 6) is 0.338. The molecule has 2 aliphatic rings. The van der Waals surface area contributed by atoms with Gasteiger partial charge >= 0.3 is 0 Å². The lowest BCUT2D eigenvalue weighted by atomic mass is 9.77. The Hall–Kier alpha value is -1.10. The minimum Gasteiger partial charge on any atom is -0.497 e. The molecule has 0 aromatic heterocycles. The fraction of sp³-hybridized carbons (Fsp3) is 0.600. The second-order valence-electron chi connectivity index (χ2n) is 5.37. The SMILES string of the molecule is COc1cccc(C2(O)CCC3(CC2)OCCO3)c1. The van der Waals surface area contributed by atoms with Crippen molar-refractivity contribution in [1.29, 1.82) is 0 Å². The summed E-state index contributed by atoms with van der Waals surface area (Å²) in [5, 5.41) is 10.8. The molecular formula is C15H20O4. The zero-order valence-corrected chi connectivity index (χ0v) is 11.2. The smallest absolute Gasteiger partial charge is 0.168 e. The molecule has 1 N–H and O–H groups in total. The molecule has 104 valence electrons. The Balaban J connectivity index is 1.77. The van der Waals surface area contributed by atoms with Crippen molar-refractivity contribution in [2.75, 3.05) is 20.3 Å². The molecule has 0 amide bonds. The molecule has 1 aromatic carbocycles. The van der Waals surface area contributed by atoms with Gasteiger partial charge in [-0.05, 0) is 30.5 Å². The molecule has 2 fully saturated rings. The summed E-state index contributed by atoms with van der Waals surface area (Å²) in [6, 6.07) is 7.67. The van der Waals surface area contributed by atoms with Gasteiger partial charge in [-0.2, -0.15) is 0 Å². The normalized spacial score (nSPS) is 24.5. The van der Waals surface area contributed by atoms with Gasteiger partial charge in [0.15, 0.2) is 5.79 Å². The summed E-state index contributed by atoms with van der Waals surface area (Å²) in [5.41, 5.74) is 0.120. The van der Waals surface area contributed by atoms with Crippen LogP contribution in [-0.4, -0.2) is 31.2 Å². The molecule has 0 bridgehead atoms. The van der Waals surface area contributed by atoms with Crippen molar-refractivity contribution in [1.82, 2.24) is 0 Å². The zero-order valence-electron chi connectivity index (χ0n) is 11.2.